The summed E-state index contributed by atoms with van der Waals surface area (Å²) < 4.78 is 5.87. The number of likely N-dealkylation sites (tertiary alicyclic amines) is 1. The highest BCUT2D eigenvalue weighted by Crippen LogP contribution is 2.23. The number of hydrogen-bond acceptors (Lipinski definition) is 3. The summed E-state index contributed by atoms with van der Waals surface area (Å²) in [5.41, 5.74) is 0. The second kappa shape index (κ2) is 7.25. The van der Waals surface area contributed by atoms with E-state index in [1.165, 1.54) is 19.3 Å². The molecule has 104 valence electrons. The summed E-state index contributed by atoms with van der Waals surface area (Å²) in [5.74, 6) is 0.476. The third kappa shape index (κ3) is 3.79. The van der Waals surface area contributed by atoms with Gasteiger partial charge in [-0.25, -0.2) is 0 Å². The molecular weight excluding hydrogens is 226 g/mol. The van der Waals surface area contributed by atoms with E-state index < -0.39 is 0 Å². The van der Waals surface area contributed by atoms with Crippen LogP contribution in [0.1, 0.15) is 58.3 Å². The Morgan fingerprint density at radius 2 is 2.11 bits per heavy atom. The maximum Gasteiger partial charge on any atom is 0.149 e. The third-order valence-electron chi connectivity index (χ3n) is 4.18. The van der Waals surface area contributed by atoms with Gasteiger partial charge in [0, 0.05) is 19.6 Å². The Morgan fingerprint density at radius 3 is 2.94 bits per heavy atom. The number of carbonyl (C=O) groups excluding carboxylic acids is 1. The number of ether oxygens (including phenoxy) is 1. The van der Waals surface area contributed by atoms with Crippen LogP contribution in [0.5, 0.6) is 0 Å². The van der Waals surface area contributed by atoms with Crippen molar-refractivity contribution < 1.29 is 9.53 Å². The van der Waals surface area contributed by atoms with Crippen LogP contribution in [0.25, 0.3) is 0 Å². The Bertz CT molecular complexity index is 267. The molecule has 2 unspecified atom stereocenters. The number of ketones is 1. The molecule has 2 aliphatic rings. The van der Waals surface area contributed by atoms with Gasteiger partial charge in [0.15, 0.2) is 0 Å². The zero-order valence-electron chi connectivity index (χ0n) is 11.7. The first-order valence-electron chi connectivity index (χ1n) is 7.69. The molecule has 2 rings (SSSR count). The van der Waals surface area contributed by atoms with Crippen LogP contribution in [0.4, 0.5) is 0 Å². The van der Waals surface area contributed by atoms with Crippen LogP contribution in [0.15, 0.2) is 0 Å². The summed E-state index contributed by atoms with van der Waals surface area (Å²) in [6.45, 7) is 5.06. The van der Waals surface area contributed by atoms with Crippen molar-refractivity contribution in [3.05, 3.63) is 0 Å². The molecule has 0 aromatic carbocycles. The molecule has 2 atom stereocenters. The SMILES string of the molecule is CCCOC1CCCN(C2CCCCCC2=O)C1. The first-order chi connectivity index (χ1) is 8.81. The van der Waals surface area contributed by atoms with Crippen molar-refractivity contribution in [2.45, 2.75) is 70.4 Å². The summed E-state index contributed by atoms with van der Waals surface area (Å²) >= 11 is 0. The topological polar surface area (TPSA) is 29.5 Å². The maximum atomic E-state index is 12.2. The van der Waals surface area contributed by atoms with Crippen LogP contribution in [-0.4, -0.2) is 42.5 Å². The van der Waals surface area contributed by atoms with Gasteiger partial charge < -0.3 is 4.74 Å². The maximum absolute atomic E-state index is 12.2. The monoisotopic (exact) mass is 253 g/mol. The second-order valence-corrected chi connectivity index (χ2v) is 5.71. The molecule has 0 amide bonds. The Morgan fingerprint density at radius 1 is 1.22 bits per heavy atom. The highest BCUT2D eigenvalue weighted by atomic mass is 16.5. The number of rotatable bonds is 4. The van der Waals surface area contributed by atoms with Gasteiger partial charge in [-0.2, -0.15) is 0 Å². The molecule has 0 aromatic rings. The van der Waals surface area contributed by atoms with E-state index in [0.29, 0.717) is 11.9 Å². The van der Waals surface area contributed by atoms with Gasteiger partial charge in [-0.3, -0.25) is 9.69 Å². The lowest BCUT2D eigenvalue weighted by Gasteiger charge is -2.37. The minimum absolute atomic E-state index is 0.195. The molecule has 1 heterocycles. The van der Waals surface area contributed by atoms with Crippen molar-refractivity contribution in [1.82, 2.24) is 4.90 Å². The molecule has 0 bridgehead atoms. The second-order valence-electron chi connectivity index (χ2n) is 5.71. The van der Waals surface area contributed by atoms with E-state index in [1.807, 2.05) is 0 Å². The van der Waals surface area contributed by atoms with E-state index >= 15 is 0 Å². The average molecular weight is 253 g/mol. The number of Topliss-reactive ketones (excluding diaryl/α,β-unsaturated/α-hetero) is 1. The van der Waals surface area contributed by atoms with Crippen LogP contribution in [0.2, 0.25) is 0 Å². The molecule has 0 aromatic heterocycles. The normalized spacial score (nSPS) is 31.3. The predicted molar refractivity (Wildman–Crippen MR) is 72.7 cm³/mol. The van der Waals surface area contributed by atoms with E-state index in [9.17, 15) is 4.79 Å². The fourth-order valence-electron chi connectivity index (χ4n) is 3.20. The Balaban J connectivity index is 1.88. The minimum Gasteiger partial charge on any atom is -0.377 e. The summed E-state index contributed by atoms with van der Waals surface area (Å²) in [7, 11) is 0. The molecular formula is C15H27NO2. The zero-order valence-corrected chi connectivity index (χ0v) is 11.7. The predicted octanol–water partition coefficient (Wildman–Crippen LogP) is 2.78. The highest BCUT2D eigenvalue weighted by molar-refractivity contribution is 5.84. The fraction of sp³-hybridized carbons (Fsp3) is 0.933. The van der Waals surface area contributed by atoms with Gasteiger partial charge in [0.2, 0.25) is 0 Å². The van der Waals surface area contributed by atoms with Crippen molar-refractivity contribution in [1.29, 1.82) is 0 Å². The number of piperidine rings is 1. The van der Waals surface area contributed by atoms with Crippen LogP contribution in [-0.2, 0) is 9.53 Å². The Kier molecular flexibility index (Phi) is 5.64. The van der Waals surface area contributed by atoms with Crippen molar-refractivity contribution in [3.8, 4) is 0 Å². The molecule has 3 nitrogen and oxygen atoms in total. The van der Waals surface area contributed by atoms with Gasteiger partial charge in [0.1, 0.15) is 5.78 Å². The largest absolute Gasteiger partial charge is 0.377 e. The van der Waals surface area contributed by atoms with Gasteiger partial charge in [0.05, 0.1) is 12.1 Å². The molecule has 1 saturated heterocycles. The molecule has 1 aliphatic carbocycles. The fourth-order valence-corrected chi connectivity index (χ4v) is 3.20. The van der Waals surface area contributed by atoms with Crippen LogP contribution >= 0.6 is 0 Å². The minimum atomic E-state index is 0.195. The van der Waals surface area contributed by atoms with Gasteiger partial charge in [-0.05, 0) is 38.6 Å². The average Bonchev–Trinajstić information content (AvgIpc) is 2.61. The molecule has 0 radical (unpaired) electrons. The summed E-state index contributed by atoms with van der Waals surface area (Å²) in [5, 5.41) is 0. The lowest BCUT2D eigenvalue weighted by Crippen LogP contribution is -2.48. The standard InChI is InChI=1S/C15H27NO2/c1-2-11-18-13-7-6-10-16(12-13)14-8-4-3-5-9-15(14)17/h13-14H,2-12H2,1H3. The third-order valence-corrected chi connectivity index (χ3v) is 4.18. The zero-order chi connectivity index (χ0) is 12.8. The molecule has 1 aliphatic heterocycles. The Hall–Kier alpha value is -0.410. The molecule has 1 saturated carbocycles. The van der Waals surface area contributed by atoms with Gasteiger partial charge >= 0.3 is 0 Å². The smallest absolute Gasteiger partial charge is 0.149 e. The Labute approximate surface area is 111 Å². The van der Waals surface area contributed by atoms with E-state index in [4.69, 9.17) is 4.74 Å². The number of carbonyl (C=O) groups is 1. The summed E-state index contributed by atoms with van der Waals surface area (Å²) in [4.78, 5) is 14.6. The summed E-state index contributed by atoms with van der Waals surface area (Å²) in [6, 6.07) is 0.195. The quantitative estimate of drug-likeness (QED) is 0.722. The molecule has 3 heteroatoms. The van der Waals surface area contributed by atoms with E-state index in [0.717, 1.165) is 51.8 Å². The van der Waals surface area contributed by atoms with Gasteiger partial charge in [-0.15, -0.1) is 0 Å². The van der Waals surface area contributed by atoms with Crippen molar-refractivity contribution in [2.75, 3.05) is 19.7 Å². The first kappa shape index (κ1) is 14.0. The van der Waals surface area contributed by atoms with E-state index in [1.54, 1.807) is 0 Å². The number of hydrogen-bond donors (Lipinski definition) is 0. The van der Waals surface area contributed by atoms with Crippen LogP contribution in [0.3, 0.4) is 0 Å². The van der Waals surface area contributed by atoms with Crippen LogP contribution < -0.4 is 0 Å². The van der Waals surface area contributed by atoms with Gasteiger partial charge in [0.25, 0.3) is 0 Å². The molecule has 0 N–H and O–H groups in total. The van der Waals surface area contributed by atoms with Gasteiger partial charge in [-0.1, -0.05) is 19.8 Å². The lowest BCUT2D eigenvalue weighted by atomic mass is 10.0. The van der Waals surface area contributed by atoms with E-state index in [2.05, 4.69) is 11.8 Å². The summed E-state index contributed by atoms with van der Waals surface area (Å²) in [6.07, 6.45) is 9.18. The lowest BCUT2D eigenvalue weighted by molar-refractivity contribution is -0.126. The van der Waals surface area contributed by atoms with Crippen LogP contribution in [0, 0.1) is 0 Å². The van der Waals surface area contributed by atoms with Crippen molar-refractivity contribution in [3.63, 3.8) is 0 Å². The molecule has 18 heavy (non-hydrogen) atoms. The molecule has 2 fully saturated rings. The van der Waals surface area contributed by atoms with Crippen molar-refractivity contribution in [2.24, 2.45) is 0 Å². The van der Waals surface area contributed by atoms with Crippen molar-refractivity contribution >= 4 is 5.78 Å². The molecule has 0 spiro atoms. The highest BCUT2D eigenvalue weighted by Gasteiger charge is 2.30. The number of nitrogens with zero attached hydrogens (tertiary/aromatic N) is 1. The van der Waals surface area contributed by atoms with E-state index in [-0.39, 0.29) is 6.04 Å². The first-order valence-corrected chi connectivity index (χ1v) is 7.69.